The molecule has 2 N–H and O–H groups in total. The summed E-state index contributed by atoms with van der Waals surface area (Å²) in [6, 6.07) is 8.05. The summed E-state index contributed by atoms with van der Waals surface area (Å²) in [6.45, 7) is 4.54. The van der Waals surface area contributed by atoms with Crippen LogP contribution >= 0.6 is 12.4 Å². The van der Waals surface area contributed by atoms with Crippen LogP contribution in [-0.4, -0.2) is 35.7 Å². The first kappa shape index (κ1) is 19.4. The fraction of sp³-hybridized carbons (Fsp3) is 0.500. The third kappa shape index (κ3) is 5.28. The van der Waals surface area contributed by atoms with Gasteiger partial charge in [0.15, 0.2) is 5.82 Å². The van der Waals surface area contributed by atoms with Crippen LogP contribution in [-0.2, 0) is 17.6 Å². The summed E-state index contributed by atoms with van der Waals surface area (Å²) in [4.78, 5) is 16.4. The van der Waals surface area contributed by atoms with Gasteiger partial charge in [0.1, 0.15) is 0 Å². The average molecular weight is 365 g/mol. The van der Waals surface area contributed by atoms with Crippen molar-refractivity contribution in [3.8, 4) is 11.5 Å². The maximum Gasteiger partial charge on any atom is 0.257 e. The molecule has 6 nitrogen and oxygen atoms in total. The number of amides is 1. The molecular weight excluding hydrogens is 340 g/mol. The summed E-state index contributed by atoms with van der Waals surface area (Å²) in [5.74, 6) is 1.62. The lowest BCUT2D eigenvalue weighted by Gasteiger charge is -2.21. The second kappa shape index (κ2) is 9.53. The molecule has 25 heavy (non-hydrogen) atoms. The Bertz CT molecular complexity index is 666. The molecule has 2 heterocycles. The van der Waals surface area contributed by atoms with Crippen LogP contribution in [0.3, 0.4) is 0 Å². The molecule has 0 unspecified atom stereocenters. The number of carbonyl (C=O) groups is 1. The molecule has 1 fully saturated rings. The van der Waals surface area contributed by atoms with E-state index in [1.807, 2.05) is 31.2 Å². The third-order valence-corrected chi connectivity index (χ3v) is 4.41. The molecule has 0 radical (unpaired) electrons. The Hall–Kier alpha value is -1.92. The summed E-state index contributed by atoms with van der Waals surface area (Å²) in [6.07, 6.45) is 3.45. The Balaban J connectivity index is 0.00000225. The standard InChI is InChI=1S/C18H24N4O2.ClH/c1-2-16-21-18(24-22-16)15-5-3-13(4-6-15)7-12-20-17(23)14-8-10-19-11-9-14;/h3-6,14,19H,2,7-12H2,1H3,(H,20,23);1H. The van der Waals surface area contributed by atoms with Crippen molar-refractivity contribution in [2.24, 2.45) is 5.92 Å². The molecule has 0 atom stereocenters. The molecule has 1 aliphatic heterocycles. The highest BCUT2D eigenvalue weighted by Crippen LogP contribution is 2.18. The minimum Gasteiger partial charge on any atom is -0.356 e. The summed E-state index contributed by atoms with van der Waals surface area (Å²) in [5.41, 5.74) is 2.10. The van der Waals surface area contributed by atoms with Crippen molar-refractivity contribution in [2.45, 2.75) is 32.6 Å². The van der Waals surface area contributed by atoms with E-state index in [4.69, 9.17) is 4.52 Å². The van der Waals surface area contributed by atoms with E-state index in [-0.39, 0.29) is 24.2 Å². The van der Waals surface area contributed by atoms with Crippen LogP contribution in [0.2, 0.25) is 0 Å². The molecule has 0 spiro atoms. The van der Waals surface area contributed by atoms with Gasteiger partial charge in [-0.15, -0.1) is 12.4 Å². The van der Waals surface area contributed by atoms with Crippen LogP contribution in [0.15, 0.2) is 28.8 Å². The molecule has 0 bridgehead atoms. The number of rotatable bonds is 6. The van der Waals surface area contributed by atoms with Crippen LogP contribution in [0.4, 0.5) is 0 Å². The monoisotopic (exact) mass is 364 g/mol. The van der Waals surface area contributed by atoms with Crippen molar-refractivity contribution in [1.82, 2.24) is 20.8 Å². The molecule has 1 saturated heterocycles. The smallest absolute Gasteiger partial charge is 0.257 e. The predicted octanol–water partition coefficient (Wildman–Crippen LogP) is 2.38. The molecule has 3 rings (SSSR count). The van der Waals surface area contributed by atoms with E-state index in [0.717, 1.165) is 50.2 Å². The predicted molar refractivity (Wildman–Crippen MR) is 98.7 cm³/mol. The Morgan fingerprint density at radius 2 is 2.00 bits per heavy atom. The lowest BCUT2D eigenvalue weighted by molar-refractivity contribution is -0.125. The van der Waals surface area contributed by atoms with Crippen LogP contribution < -0.4 is 10.6 Å². The normalized spacial score (nSPS) is 14.8. The number of halogens is 1. The molecule has 1 aliphatic rings. The first-order valence-corrected chi connectivity index (χ1v) is 8.66. The van der Waals surface area contributed by atoms with E-state index in [0.29, 0.717) is 12.4 Å². The number of hydrogen-bond donors (Lipinski definition) is 2. The zero-order chi connectivity index (χ0) is 16.8. The zero-order valence-electron chi connectivity index (χ0n) is 14.5. The van der Waals surface area contributed by atoms with Crippen molar-refractivity contribution in [1.29, 1.82) is 0 Å². The van der Waals surface area contributed by atoms with Gasteiger partial charge in [0, 0.05) is 24.4 Å². The van der Waals surface area contributed by atoms with Crippen LogP contribution in [0.1, 0.15) is 31.2 Å². The van der Waals surface area contributed by atoms with Crippen molar-refractivity contribution in [3.63, 3.8) is 0 Å². The highest BCUT2D eigenvalue weighted by atomic mass is 35.5. The van der Waals surface area contributed by atoms with Gasteiger partial charge in [0.05, 0.1) is 0 Å². The van der Waals surface area contributed by atoms with Crippen molar-refractivity contribution in [2.75, 3.05) is 19.6 Å². The van der Waals surface area contributed by atoms with E-state index in [9.17, 15) is 4.79 Å². The maximum atomic E-state index is 12.1. The molecule has 0 aliphatic carbocycles. The third-order valence-electron chi connectivity index (χ3n) is 4.41. The SMILES string of the molecule is CCc1noc(-c2ccc(CCNC(=O)C3CCNCC3)cc2)n1.Cl. The Morgan fingerprint density at radius 3 is 2.64 bits per heavy atom. The van der Waals surface area contributed by atoms with Crippen LogP contribution in [0.25, 0.3) is 11.5 Å². The van der Waals surface area contributed by atoms with E-state index >= 15 is 0 Å². The second-order valence-corrected chi connectivity index (χ2v) is 6.13. The maximum absolute atomic E-state index is 12.1. The van der Waals surface area contributed by atoms with E-state index in [1.54, 1.807) is 0 Å². The van der Waals surface area contributed by atoms with E-state index < -0.39 is 0 Å². The molecule has 0 saturated carbocycles. The average Bonchev–Trinajstić information content (AvgIpc) is 3.12. The minimum absolute atomic E-state index is 0. The lowest BCUT2D eigenvalue weighted by Crippen LogP contribution is -2.38. The number of aryl methyl sites for hydroxylation is 1. The summed E-state index contributed by atoms with van der Waals surface area (Å²) >= 11 is 0. The van der Waals surface area contributed by atoms with Gasteiger partial charge in [-0.05, 0) is 50.0 Å². The Morgan fingerprint density at radius 1 is 1.28 bits per heavy atom. The number of aromatic nitrogens is 2. The van der Waals surface area contributed by atoms with Gasteiger partial charge in [-0.25, -0.2) is 0 Å². The topological polar surface area (TPSA) is 80.0 Å². The number of hydrogen-bond acceptors (Lipinski definition) is 5. The Kier molecular flexibility index (Phi) is 7.40. The molecule has 1 aromatic heterocycles. The molecule has 1 amide bonds. The first-order valence-electron chi connectivity index (χ1n) is 8.66. The number of nitrogens with one attached hydrogen (secondary N) is 2. The van der Waals surface area contributed by atoms with Gasteiger partial charge in [-0.3, -0.25) is 4.79 Å². The number of nitrogens with zero attached hydrogens (tertiary/aromatic N) is 2. The minimum atomic E-state index is 0. The van der Waals surface area contributed by atoms with Crippen molar-refractivity contribution in [3.05, 3.63) is 35.7 Å². The second-order valence-electron chi connectivity index (χ2n) is 6.13. The highest BCUT2D eigenvalue weighted by molar-refractivity contribution is 5.85. The summed E-state index contributed by atoms with van der Waals surface area (Å²) in [7, 11) is 0. The van der Waals surface area contributed by atoms with Crippen molar-refractivity contribution < 1.29 is 9.32 Å². The van der Waals surface area contributed by atoms with E-state index in [1.165, 1.54) is 5.56 Å². The molecule has 7 heteroatoms. The highest BCUT2D eigenvalue weighted by Gasteiger charge is 2.20. The molecule has 2 aromatic rings. The largest absolute Gasteiger partial charge is 0.356 e. The quantitative estimate of drug-likeness (QED) is 0.822. The van der Waals surface area contributed by atoms with Gasteiger partial charge in [0.25, 0.3) is 5.89 Å². The molecule has 1 aromatic carbocycles. The molecule has 136 valence electrons. The van der Waals surface area contributed by atoms with Gasteiger partial charge < -0.3 is 15.2 Å². The lowest BCUT2D eigenvalue weighted by atomic mass is 9.97. The Labute approximate surface area is 154 Å². The van der Waals surface area contributed by atoms with Gasteiger partial charge >= 0.3 is 0 Å². The number of piperidine rings is 1. The van der Waals surface area contributed by atoms with Gasteiger partial charge in [-0.1, -0.05) is 24.2 Å². The van der Waals surface area contributed by atoms with Gasteiger partial charge in [0.2, 0.25) is 5.91 Å². The van der Waals surface area contributed by atoms with E-state index in [2.05, 4.69) is 20.8 Å². The number of carbonyl (C=O) groups excluding carboxylic acids is 1. The fourth-order valence-electron chi connectivity index (χ4n) is 2.89. The summed E-state index contributed by atoms with van der Waals surface area (Å²) < 4.78 is 5.24. The molecular formula is C18H25ClN4O2. The van der Waals surface area contributed by atoms with Crippen LogP contribution in [0, 0.1) is 5.92 Å². The number of benzene rings is 1. The van der Waals surface area contributed by atoms with Crippen molar-refractivity contribution >= 4 is 18.3 Å². The summed E-state index contributed by atoms with van der Waals surface area (Å²) in [5, 5.41) is 10.2. The first-order chi connectivity index (χ1) is 11.8. The fourth-order valence-corrected chi connectivity index (χ4v) is 2.89. The van der Waals surface area contributed by atoms with Gasteiger partial charge in [-0.2, -0.15) is 4.98 Å². The zero-order valence-corrected chi connectivity index (χ0v) is 15.3. The van der Waals surface area contributed by atoms with Crippen LogP contribution in [0.5, 0.6) is 0 Å².